The number of nitrogens with one attached hydrogen (secondary N) is 1. The summed E-state index contributed by atoms with van der Waals surface area (Å²) in [7, 11) is 3.03. The van der Waals surface area contributed by atoms with E-state index in [0.29, 0.717) is 40.1 Å². The molecule has 0 aromatic heterocycles. The number of anilines is 1. The topological polar surface area (TPSA) is 94.2 Å². The van der Waals surface area contributed by atoms with Gasteiger partial charge in [-0.2, -0.15) is 0 Å². The Morgan fingerprint density at radius 3 is 2.47 bits per heavy atom. The van der Waals surface area contributed by atoms with Crippen LogP contribution in [0.25, 0.3) is 6.08 Å². The summed E-state index contributed by atoms with van der Waals surface area (Å²) in [5.74, 6) is 0.484. The molecule has 3 amide bonds. The van der Waals surface area contributed by atoms with Crippen molar-refractivity contribution in [3.63, 3.8) is 0 Å². The first-order chi connectivity index (χ1) is 15.4. The van der Waals surface area contributed by atoms with Gasteiger partial charge in [0.2, 0.25) is 5.91 Å². The predicted octanol–water partition coefficient (Wildman–Crippen LogP) is 4.43. The molecule has 1 heterocycles. The van der Waals surface area contributed by atoms with Gasteiger partial charge in [-0.25, -0.2) is 0 Å². The fraction of sp³-hybridized carbons (Fsp3) is 0.227. The van der Waals surface area contributed by atoms with Crippen LogP contribution >= 0.6 is 23.4 Å². The lowest BCUT2D eigenvalue weighted by molar-refractivity contribution is -0.127. The molecular formula is C22H21ClN2O6S. The van der Waals surface area contributed by atoms with Crippen LogP contribution in [-0.2, 0) is 9.59 Å². The van der Waals surface area contributed by atoms with Crippen molar-refractivity contribution in [1.82, 2.24) is 4.90 Å². The number of hydrogen-bond acceptors (Lipinski definition) is 7. The zero-order valence-electron chi connectivity index (χ0n) is 17.6. The molecule has 0 spiro atoms. The van der Waals surface area contributed by atoms with E-state index >= 15 is 0 Å². The molecule has 2 aromatic carbocycles. The molecule has 0 saturated carbocycles. The van der Waals surface area contributed by atoms with E-state index in [2.05, 4.69) is 5.32 Å². The zero-order chi connectivity index (χ0) is 23.3. The van der Waals surface area contributed by atoms with Crippen LogP contribution in [0.5, 0.6) is 17.2 Å². The summed E-state index contributed by atoms with van der Waals surface area (Å²) in [6.07, 6.45) is 1.49. The Bertz CT molecular complexity index is 1070. The Morgan fingerprint density at radius 1 is 1.12 bits per heavy atom. The molecule has 0 atom stereocenters. The van der Waals surface area contributed by atoms with Gasteiger partial charge in [0.15, 0.2) is 11.5 Å². The normalized spacial score (nSPS) is 14.6. The van der Waals surface area contributed by atoms with Crippen molar-refractivity contribution in [1.29, 1.82) is 0 Å². The first-order valence-electron chi connectivity index (χ1n) is 9.55. The molecule has 0 unspecified atom stereocenters. The summed E-state index contributed by atoms with van der Waals surface area (Å²) in [5.41, 5.74) is 1.01. The van der Waals surface area contributed by atoms with Crippen LogP contribution < -0.4 is 19.5 Å². The first-order valence-corrected chi connectivity index (χ1v) is 10.7. The molecule has 0 bridgehead atoms. The number of carbonyl (C=O) groups is 3. The third kappa shape index (κ3) is 5.35. The summed E-state index contributed by atoms with van der Waals surface area (Å²) >= 11 is 7.05. The summed E-state index contributed by atoms with van der Waals surface area (Å²) in [6, 6.07) is 9.90. The minimum Gasteiger partial charge on any atom is -0.497 e. The fourth-order valence-corrected chi connectivity index (χ4v) is 3.92. The van der Waals surface area contributed by atoms with Gasteiger partial charge in [0, 0.05) is 11.8 Å². The molecule has 1 fully saturated rings. The predicted molar refractivity (Wildman–Crippen MR) is 123 cm³/mol. The highest BCUT2D eigenvalue weighted by Crippen LogP contribution is 2.37. The number of rotatable bonds is 8. The Balaban J connectivity index is 1.73. The van der Waals surface area contributed by atoms with Gasteiger partial charge >= 0.3 is 0 Å². The van der Waals surface area contributed by atoms with E-state index in [1.807, 2.05) is 6.92 Å². The zero-order valence-corrected chi connectivity index (χ0v) is 19.2. The van der Waals surface area contributed by atoms with Crippen molar-refractivity contribution in [2.45, 2.75) is 6.92 Å². The molecule has 1 aliphatic rings. The maximum atomic E-state index is 12.7. The molecule has 0 radical (unpaired) electrons. The number of ether oxygens (including phenoxy) is 3. The highest BCUT2D eigenvalue weighted by Gasteiger charge is 2.36. The van der Waals surface area contributed by atoms with E-state index < -0.39 is 23.6 Å². The largest absolute Gasteiger partial charge is 0.497 e. The van der Waals surface area contributed by atoms with Crippen LogP contribution in [0.3, 0.4) is 0 Å². The van der Waals surface area contributed by atoms with Gasteiger partial charge in [0.25, 0.3) is 11.1 Å². The molecule has 1 aliphatic heterocycles. The van der Waals surface area contributed by atoms with Gasteiger partial charge in [-0.05, 0) is 60.7 Å². The van der Waals surface area contributed by atoms with E-state index in [1.54, 1.807) is 36.4 Å². The Hall–Kier alpha value is -3.17. The minimum atomic E-state index is -0.575. The van der Waals surface area contributed by atoms with E-state index in [4.69, 9.17) is 25.8 Å². The second kappa shape index (κ2) is 10.4. The number of benzene rings is 2. The number of methoxy groups -OCH3 is 2. The van der Waals surface area contributed by atoms with Crippen LogP contribution in [0, 0.1) is 0 Å². The highest BCUT2D eigenvalue weighted by atomic mass is 35.5. The summed E-state index contributed by atoms with van der Waals surface area (Å²) in [4.78, 5) is 38.5. The summed E-state index contributed by atoms with van der Waals surface area (Å²) in [5, 5.41) is 2.44. The molecule has 32 heavy (non-hydrogen) atoms. The fourth-order valence-electron chi connectivity index (χ4n) is 2.89. The number of hydrogen-bond donors (Lipinski definition) is 1. The molecule has 1 saturated heterocycles. The van der Waals surface area contributed by atoms with Crippen LogP contribution in [-0.4, -0.2) is 49.3 Å². The number of halogens is 1. The summed E-state index contributed by atoms with van der Waals surface area (Å²) < 4.78 is 15.9. The second-order valence-electron chi connectivity index (χ2n) is 6.50. The van der Waals surface area contributed by atoms with E-state index in [1.165, 1.54) is 20.3 Å². The van der Waals surface area contributed by atoms with E-state index in [0.717, 1.165) is 16.7 Å². The van der Waals surface area contributed by atoms with Gasteiger partial charge in [-0.15, -0.1) is 0 Å². The third-order valence-corrected chi connectivity index (χ3v) is 5.65. The SMILES string of the molecule is CCOc1cc(Cl)c(/C=C2/SC(=O)N(CC(=O)Nc3ccc(OC)cc3)C2=O)cc1OC. The minimum absolute atomic E-state index is 0.153. The summed E-state index contributed by atoms with van der Waals surface area (Å²) in [6.45, 7) is 1.86. The standard InChI is InChI=1S/C22H21ClN2O6S/c1-4-31-18-11-16(23)13(9-17(18)30-3)10-19-21(27)25(22(28)32-19)12-20(26)24-14-5-7-15(29-2)8-6-14/h5-11H,4,12H2,1-3H3,(H,24,26)/b19-10+. The van der Waals surface area contributed by atoms with Crippen molar-refractivity contribution in [3.05, 3.63) is 51.9 Å². The van der Waals surface area contributed by atoms with Gasteiger partial charge in [-0.3, -0.25) is 19.3 Å². The Kier molecular flexibility index (Phi) is 7.66. The molecule has 1 N–H and O–H groups in total. The van der Waals surface area contributed by atoms with Crippen LogP contribution in [0.4, 0.5) is 10.5 Å². The highest BCUT2D eigenvalue weighted by molar-refractivity contribution is 8.18. The van der Waals surface area contributed by atoms with Crippen molar-refractivity contribution >= 4 is 52.2 Å². The number of nitrogens with zero attached hydrogens (tertiary/aromatic N) is 1. The smallest absolute Gasteiger partial charge is 0.294 e. The molecule has 0 aliphatic carbocycles. The number of amides is 3. The Labute approximate surface area is 194 Å². The lowest BCUT2D eigenvalue weighted by atomic mass is 10.1. The number of imide groups is 1. The lowest BCUT2D eigenvalue weighted by Crippen LogP contribution is -2.36. The number of carbonyl (C=O) groups excluding carboxylic acids is 3. The van der Waals surface area contributed by atoms with Gasteiger partial charge in [0.1, 0.15) is 12.3 Å². The van der Waals surface area contributed by atoms with Crippen LogP contribution in [0.15, 0.2) is 41.3 Å². The lowest BCUT2D eigenvalue weighted by Gasteiger charge is -2.13. The maximum absolute atomic E-state index is 12.7. The van der Waals surface area contributed by atoms with Crippen LogP contribution in [0.1, 0.15) is 12.5 Å². The third-order valence-electron chi connectivity index (χ3n) is 4.42. The van der Waals surface area contributed by atoms with Crippen molar-refractivity contribution in [2.75, 3.05) is 32.7 Å². The maximum Gasteiger partial charge on any atom is 0.294 e. The van der Waals surface area contributed by atoms with Crippen molar-refractivity contribution in [2.24, 2.45) is 0 Å². The Morgan fingerprint density at radius 2 is 1.84 bits per heavy atom. The molecule has 3 rings (SSSR count). The monoisotopic (exact) mass is 476 g/mol. The van der Waals surface area contributed by atoms with Crippen molar-refractivity contribution in [3.8, 4) is 17.2 Å². The molecule has 10 heteroatoms. The van der Waals surface area contributed by atoms with Crippen molar-refractivity contribution < 1.29 is 28.6 Å². The second-order valence-corrected chi connectivity index (χ2v) is 7.90. The average molecular weight is 477 g/mol. The molecular weight excluding hydrogens is 456 g/mol. The van der Waals surface area contributed by atoms with E-state index in [9.17, 15) is 14.4 Å². The first kappa shape index (κ1) is 23.5. The van der Waals surface area contributed by atoms with E-state index in [-0.39, 0.29) is 4.91 Å². The van der Waals surface area contributed by atoms with Gasteiger partial charge < -0.3 is 19.5 Å². The van der Waals surface area contributed by atoms with Gasteiger partial charge in [-0.1, -0.05) is 11.6 Å². The molecule has 2 aromatic rings. The molecule has 168 valence electrons. The number of thioether (sulfide) groups is 1. The van der Waals surface area contributed by atoms with Gasteiger partial charge in [0.05, 0.1) is 30.8 Å². The average Bonchev–Trinajstić information content (AvgIpc) is 3.03. The quantitative estimate of drug-likeness (QED) is 0.563. The molecule has 8 nitrogen and oxygen atoms in total. The van der Waals surface area contributed by atoms with Crippen LogP contribution in [0.2, 0.25) is 5.02 Å².